The van der Waals surface area contributed by atoms with Crippen LogP contribution in [0.2, 0.25) is 5.02 Å². The number of benzene rings is 2. The van der Waals surface area contributed by atoms with Crippen LogP contribution >= 0.6 is 11.6 Å². The van der Waals surface area contributed by atoms with E-state index in [0.717, 1.165) is 17.2 Å². The van der Waals surface area contributed by atoms with Gasteiger partial charge >= 0.3 is 6.18 Å². The molecule has 0 spiro atoms. The van der Waals surface area contributed by atoms with Gasteiger partial charge in [-0.1, -0.05) is 35.9 Å². The van der Waals surface area contributed by atoms with Crippen molar-refractivity contribution in [3.8, 4) is 0 Å². The van der Waals surface area contributed by atoms with Crippen molar-refractivity contribution in [3.63, 3.8) is 0 Å². The number of rotatable bonds is 2. The van der Waals surface area contributed by atoms with Crippen LogP contribution in [0.25, 0.3) is 0 Å². The summed E-state index contributed by atoms with van der Waals surface area (Å²) in [6.07, 6.45) is -4.08. The minimum absolute atomic E-state index is 0.104. The van der Waals surface area contributed by atoms with Gasteiger partial charge in [0.1, 0.15) is 5.69 Å². The van der Waals surface area contributed by atoms with Gasteiger partial charge < -0.3 is 4.90 Å². The van der Waals surface area contributed by atoms with Crippen LogP contribution in [0.5, 0.6) is 0 Å². The minimum atomic E-state index is -4.74. The van der Waals surface area contributed by atoms with E-state index < -0.39 is 27.4 Å². The van der Waals surface area contributed by atoms with Crippen molar-refractivity contribution in [1.29, 1.82) is 0 Å². The molecule has 0 amide bonds. The van der Waals surface area contributed by atoms with E-state index in [1.165, 1.54) is 0 Å². The predicted octanol–water partition coefficient (Wildman–Crippen LogP) is 4.83. The van der Waals surface area contributed by atoms with E-state index in [1.807, 2.05) is 24.3 Å². The standard InChI is InChI=1S/C16H12ClF3N2O2/c17-13-8-14(15(22(23)24)7-12(13)16(18,19)20)21-6-5-10-3-1-2-4-11(10)9-21/h1-4,7-8H,5-6,9H2. The molecule has 1 aliphatic heterocycles. The summed E-state index contributed by atoms with van der Waals surface area (Å²) in [4.78, 5) is 12.2. The van der Waals surface area contributed by atoms with Gasteiger partial charge in [0.2, 0.25) is 0 Å². The topological polar surface area (TPSA) is 46.4 Å². The van der Waals surface area contributed by atoms with E-state index in [2.05, 4.69) is 0 Å². The molecule has 0 fully saturated rings. The maximum Gasteiger partial charge on any atom is 0.418 e. The van der Waals surface area contributed by atoms with Crippen molar-refractivity contribution in [2.24, 2.45) is 0 Å². The van der Waals surface area contributed by atoms with Gasteiger partial charge in [-0.15, -0.1) is 0 Å². The van der Waals surface area contributed by atoms with Gasteiger partial charge in [0.05, 0.1) is 15.5 Å². The molecule has 0 atom stereocenters. The Morgan fingerprint density at radius 3 is 2.46 bits per heavy atom. The Morgan fingerprint density at radius 1 is 1.17 bits per heavy atom. The molecule has 0 aromatic heterocycles. The summed E-state index contributed by atoms with van der Waals surface area (Å²) in [6.45, 7) is 0.859. The van der Waals surface area contributed by atoms with Gasteiger partial charge in [-0.05, 0) is 23.6 Å². The van der Waals surface area contributed by atoms with Gasteiger partial charge in [0, 0.05) is 19.2 Å². The highest BCUT2D eigenvalue weighted by Gasteiger charge is 2.37. The highest BCUT2D eigenvalue weighted by Crippen LogP contribution is 2.42. The molecule has 2 aromatic rings. The van der Waals surface area contributed by atoms with Gasteiger partial charge in [0.25, 0.3) is 5.69 Å². The summed E-state index contributed by atoms with van der Waals surface area (Å²) >= 11 is 5.74. The zero-order valence-corrected chi connectivity index (χ0v) is 13.1. The predicted molar refractivity (Wildman–Crippen MR) is 84.3 cm³/mol. The first-order chi connectivity index (χ1) is 11.3. The highest BCUT2D eigenvalue weighted by molar-refractivity contribution is 6.31. The molecule has 0 unspecified atom stereocenters. The Balaban J connectivity index is 2.05. The Bertz CT molecular complexity index is 808. The zero-order valence-electron chi connectivity index (χ0n) is 12.3. The van der Waals surface area contributed by atoms with Crippen molar-refractivity contribution in [3.05, 3.63) is 68.2 Å². The van der Waals surface area contributed by atoms with Crippen LogP contribution in [0.1, 0.15) is 16.7 Å². The number of anilines is 1. The average Bonchev–Trinajstić information content (AvgIpc) is 2.52. The third-order valence-corrected chi connectivity index (χ3v) is 4.35. The van der Waals surface area contributed by atoms with Gasteiger partial charge in [-0.25, -0.2) is 0 Å². The molecule has 0 aliphatic carbocycles. The average molecular weight is 357 g/mol. The maximum absolute atomic E-state index is 12.9. The van der Waals surface area contributed by atoms with E-state index in [-0.39, 0.29) is 5.69 Å². The van der Waals surface area contributed by atoms with Crippen LogP contribution in [-0.4, -0.2) is 11.5 Å². The number of nitrogens with zero attached hydrogens (tertiary/aromatic N) is 2. The third-order valence-electron chi connectivity index (χ3n) is 4.04. The lowest BCUT2D eigenvalue weighted by atomic mass is 9.99. The minimum Gasteiger partial charge on any atom is -0.361 e. The van der Waals surface area contributed by atoms with Crippen LogP contribution in [0.4, 0.5) is 24.5 Å². The summed E-state index contributed by atoms with van der Waals surface area (Å²) in [7, 11) is 0. The van der Waals surface area contributed by atoms with Crippen molar-refractivity contribution < 1.29 is 18.1 Å². The second-order valence-corrected chi connectivity index (χ2v) is 5.92. The van der Waals surface area contributed by atoms with Crippen molar-refractivity contribution in [2.45, 2.75) is 19.1 Å². The molecule has 0 bridgehead atoms. The summed E-state index contributed by atoms with van der Waals surface area (Å²) < 4.78 is 38.8. The second-order valence-electron chi connectivity index (χ2n) is 5.52. The first kappa shape index (κ1) is 16.6. The quantitative estimate of drug-likeness (QED) is 0.572. The Kier molecular flexibility index (Phi) is 4.13. The summed E-state index contributed by atoms with van der Waals surface area (Å²) in [5.74, 6) is 0. The number of hydrogen-bond donors (Lipinski definition) is 0. The number of nitro benzene ring substituents is 1. The van der Waals surface area contributed by atoms with Crippen LogP contribution in [-0.2, 0) is 19.1 Å². The third kappa shape index (κ3) is 3.03. The van der Waals surface area contributed by atoms with E-state index >= 15 is 0 Å². The molecule has 0 saturated carbocycles. The fourth-order valence-electron chi connectivity index (χ4n) is 2.87. The molecule has 1 aliphatic rings. The molecule has 8 heteroatoms. The summed E-state index contributed by atoms with van der Waals surface area (Å²) in [6, 6.07) is 9.19. The second kappa shape index (κ2) is 5.98. The smallest absolute Gasteiger partial charge is 0.361 e. The van der Waals surface area contributed by atoms with E-state index in [9.17, 15) is 23.3 Å². The first-order valence-corrected chi connectivity index (χ1v) is 7.52. The molecular formula is C16H12ClF3N2O2. The molecule has 0 radical (unpaired) electrons. The maximum atomic E-state index is 12.9. The lowest BCUT2D eigenvalue weighted by Crippen LogP contribution is -2.31. The molecule has 1 heterocycles. The van der Waals surface area contributed by atoms with Crippen molar-refractivity contribution in [2.75, 3.05) is 11.4 Å². The molecule has 0 saturated heterocycles. The fourth-order valence-corrected chi connectivity index (χ4v) is 3.13. The number of hydrogen-bond acceptors (Lipinski definition) is 3. The molecule has 24 heavy (non-hydrogen) atoms. The normalized spacial score (nSPS) is 14.4. The van der Waals surface area contributed by atoms with Crippen LogP contribution in [0.15, 0.2) is 36.4 Å². The lowest BCUT2D eigenvalue weighted by Gasteiger charge is -2.30. The molecule has 4 nitrogen and oxygen atoms in total. The monoisotopic (exact) mass is 356 g/mol. The highest BCUT2D eigenvalue weighted by atomic mass is 35.5. The van der Waals surface area contributed by atoms with Crippen LogP contribution in [0.3, 0.4) is 0 Å². The molecule has 0 N–H and O–H groups in total. The lowest BCUT2D eigenvalue weighted by molar-refractivity contribution is -0.384. The van der Waals surface area contributed by atoms with Gasteiger partial charge in [-0.2, -0.15) is 13.2 Å². The van der Waals surface area contributed by atoms with Gasteiger partial charge in [0.15, 0.2) is 0 Å². The summed E-state index contributed by atoms with van der Waals surface area (Å²) in [5.41, 5.74) is 0.444. The largest absolute Gasteiger partial charge is 0.418 e. The molecule has 3 rings (SSSR count). The van der Waals surface area contributed by atoms with Crippen LogP contribution < -0.4 is 4.90 Å². The SMILES string of the molecule is O=[N+]([O-])c1cc(C(F)(F)F)c(Cl)cc1N1CCc2ccccc2C1. The number of fused-ring (bicyclic) bond motifs is 1. The van der Waals surface area contributed by atoms with E-state index in [0.29, 0.717) is 25.6 Å². The molecule has 2 aromatic carbocycles. The molecule has 126 valence electrons. The van der Waals surface area contributed by atoms with E-state index in [4.69, 9.17) is 11.6 Å². The van der Waals surface area contributed by atoms with Crippen molar-refractivity contribution >= 4 is 23.0 Å². The Hall–Kier alpha value is -2.28. The van der Waals surface area contributed by atoms with Crippen LogP contribution in [0, 0.1) is 10.1 Å². The molecular weight excluding hydrogens is 345 g/mol. The Labute approximate surface area is 140 Å². The number of halogens is 4. The fraction of sp³-hybridized carbons (Fsp3) is 0.250. The van der Waals surface area contributed by atoms with E-state index in [1.54, 1.807) is 4.90 Å². The number of nitro groups is 1. The Morgan fingerprint density at radius 2 is 1.83 bits per heavy atom. The zero-order chi connectivity index (χ0) is 17.5. The first-order valence-electron chi connectivity index (χ1n) is 7.14. The van der Waals surface area contributed by atoms with Gasteiger partial charge in [-0.3, -0.25) is 10.1 Å². The summed E-state index contributed by atoms with van der Waals surface area (Å²) in [5, 5.41) is 10.7. The van der Waals surface area contributed by atoms with Crippen molar-refractivity contribution in [1.82, 2.24) is 0 Å². The number of alkyl halides is 3.